The molecule has 0 fully saturated rings. The lowest BCUT2D eigenvalue weighted by Gasteiger charge is -2.20. The number of phenols is 1. The molecule has 3 heterocycles. The number of nitrogens with one attached hydrogen (secondary N) is 1. The van der Waals surface area contributed by atoms with Crippen molar-refractivity contribution in [3.05, 3.63) is 125 Å². The van der Waals surface area contributed by atoms with Gasteiger partial charge in [-0.25, -0.2) is 29.1 Å². The number of hydrogen-bond donors (Lipinski definition) is 3. The van der Waals surface area contributed by atoms with Gasteiger partial charge in [0.2, 0.25) is 12.0 Å². The SMILES string of the molecule is COC(=O)C(Cc1cc(O)ccc1OCc1ccnc(-c2ccccc2OC)n1)Oc1ncnc2sc(-c3ccc(F)cc3)c(-c3ccc(NCCO)c(Cl)c3C)c12. The van der Waals surface area contributed by atoms with E-state index in [9.17, 15) is 19.4 Å². The van der Waals surface area contributed by atoms with Crippen molar-refractivity contribution in [2.75, 3.05) is 32.7 Å². The minimum Gasteiger partial charge on any atom is -0.508 e. The number of benzene rings is 4. The number of carbonyl (C=O) groups excluding carboxylic acids is 1. The average molecular weight is 822 g/mol. The number of aliphatic hydroxyl groups excluding tert-OH is 1. The molecular weight excluding hydrogens is 785 g/mol. The highest BCUT2D eigenvalue weighted by Gasteiger charge is 2.29. The quantitative estimate of drug-likeness (QED) is 0.0850. The fourth-order valence-electron chi connectivity index (χ4n) is 6.43. The number of hydrogen-bond acceptors (Lipinski definition) is 13. The Kier molecular flexibility index (Phi) is 12.3. The first-order chi connectivity index (χ1) is 28.2. The number of rotatable bonds is 15. The van der Waals surface area contributed by atoms with Crippen molar-refractivity contribution < 1.29 is 38.3 Å². The number of anilines is 1. The van der Waals surface area contributed by atoms with Gasteiger partial charge < -0.3 is 34.5 Å². The molecule has 296 valence electrons. The monoisotopic (exact) mass is 821 g/mol. The van der Waals surface area contributed by atoms with E-state index >= 15 is 0 Å². The van der Waals surface area contributed by atoms with Crippen LogP contribution in [0.5, 0.6) is 23.1 Å². The number of aliphatic hydroxyl groups is 1. The predicted octanol–water partition coefficient (Wildman–Crippen LogP) is 8.44. The normalized spacial score (nSPS) is 11.6. The maximum atomic E-state index is 14.1. The summed E-state index contributed by atoms with van der Waals surface area (Å²) >= 11 is 8.23. The van der Waals surface area contributed by atoms with E-state index in [1.807, 2.05) is 43.3 Å². The lowest BCUT2D eigenvalue weighted by Crippen LogP contribution is -2.31. The Morgan fingerprint density at radius 3 is 2.55 bits per heavy atom. The highest BCUT2D eigenvalue weighted by molar-refractivity contribution is 7.22. The summed E-state index contributed by atoms with van der Waals surface area (Å²) in [6.45, 7) is 2.13. The maximum Gasteiger partial charge on any atom is 0.347 e. The van der Waals surface area contributed by atoms with Gasteiger partial charge in [-0.05, 0) is 78.2 Å². The van der Waals surface area contributed by atoms with E-state index in [-0.39, 0.29) is 37.1 Å². The smallest absolute Gasteiger partial charge is 0.347 e. The number of carbonyl (C=O) groups is 1. The first-order valence-corrected chi connectivity index (χ1v) is 19.2. The van der Waals surface area contributed by atoms with Crippen molar-refractivity contribution in [1.29, 1.82) is 0 Å². The summed E-state index contributed by atoms with van der Waals surface area (Å²) < 4.78 is 37.5. The molecule has 7 rings (SSSR count). The van der Waals surface area contributed by atoms with Crippen LogP contribution < -0.4 is 19.5 Å². The van der Waals surface area contributed by atoms with Crippen LogP contribution in [0.1, 0.15) is 16.8 Å². The van der Waals surface area contributed by atoms with Gasteiger partial charge in [-0.2, -0.15) is 0 Å². The van der Waals surface area contributed by atoms with E-state index in [4.69, 9.17) is 30.5 Å². The molecule has 0 radical (unpaired) electrons. The van der Waals surface area contributed by atoms with Crippen LogP contribution in [0.2, 0.25) is 5.02 Å². The Balaban J connectivity index is 1.25. The second-order valence-electron chi connectivity index (χ2n) is 12.9. The van der Waals surface area contributed by atoms with Gasteiger partial charge in [0.05, 0.1) is 48.2 Å². The van der Waals surface area contributed by atoms with Gasteiger partial charge in [-0.15, -0.1) is 11.3 Å². The lowest BCUT2D eigenvalue weighted by atomic mass is 9.95. The number of esters is 1. The number of fused-ring (bicyclic) bond motifs is 1. The minimum absolute atomic E-state index is 0.0410. The molecule has 0 saturated heterocycles. The standard InChI is InChI=1S/C43H37ClFN5O7S/c1-24-30(13-14-32(38(24)44)46-18-19-51)36-37-41(48-23-49-42(37)58-39(36)25-8-10-27(45)11-9-25)57-35(43(53)55-3)21-26-20-29(52)12-15-33(26)56-22-28-16-17-47-40(50-28)31-6-4-5-7-34(31)54-2/h4-17,20,23,35,46,51-52H,18-19,21-22H2,1-3H3. The van der Waals surface area contributed by atoms with E-state index in [1.165, 1.54) is 49.0 Å². The van der Waals surface area contributed by atoms with E-state index in [0.717, 1.165) is 16.0 Å². The average Bonchev–Trinajstić information content (AvgIpc) is 3.64. The van der Waals surface area contributed by atoms with Crippen LogP contribution in [-0.2, 0) is 22.6 Å². The Bertz CT molecular complexity index is 2590. The van der Waals surface area contributed by atoms with Crippen LogP contribution in [-0.4, -0.2) is 69.6 Å². The number of methoxy groups -OCH3 is 2. The number of ether oxygens (including phenoxy) is 4. The largest absolute Gasteiger partial charge is 0.508 e. The molecule has 1 atom stereocenters. The summed E-state index contributed by atoms with van der Waals surface area (Å²) in [5.74, 6) is 0.403. The van der Waals surface area contributed by atoms with E-state index in [0.29, 0.717) is 72.7 Å². The third kappa shape index (κ3) is 8.49. The fourth-order valence-corrected chi connectivity index (χ4v) is 7.82. The highest BCUT2D eigenvalue weighted by Crippen LogP contribution is 2.49. The van der Waals surface area contributed by atoms with Crippen LogP contribution in [0.25, 0.3) is 43.2 Å². The molecule has 0 bridgehead atoms. The molecule has 58 heavy (non-hydrogen) atoms. The zero-order chi connectivity index (χ0) is 40.8. The van der Waals surface area contributed by atoms with E-state index in [2.05, 4.69) is 25.3 Å². The lowest BCUT2D eigenvalue weighted by molar-refractivity contribution is -0.148. The number of halogens is 2. The van der Waals surface area contributed by atoms with Crippen LogP contribution in [0, 0.1) is 12.7 Å². The van der Waals surface area contributed by atoms with E-state index < -0.39 is 12.1 Å². The fraction of sp³-hybridized carbons (Fsp3) is 0.186. The predicted molar refractivity (Wildman–Crippen MR) is 220 cm³/mol. The molecule has 0 aliphatic heterocycles. The third-order valence-electron chi connectivity index (χ3n) is 9.25. The van der Waals surface area contributed by atoms with Crippen molar-refractivity contribution >= 4 is 44.8 Å². The van der Waals surface area contributed by atoms with Crippen molar-refractivity contribution in [1.82, 2.24) is 19.9 Å². The molecule has 1 unspecified atom stereocenters. The van der Waals surface area contributed by atoms with Gasteiger partial charge in [0.25, 0.3) is 0 Å². The Morgan fingerprint density at radius 1 is 0.966 bits per heavy atom. The Labute approximate surface area is 341 Å². The number of nitrogens with zero attached hydrogens (tertiary/aromatic N) is 4. The third-order valence-corrected chi connectivity index (χ3v) is 10.9. The van der Waals surface area contributed by atoms with Crippen LogP contribution in [0.3, 0.4) is 0 Å². The Morgan fingerprint density at radius 2 is 1.78 bits per heavy atom. The number of para-hydroxylation sites is 1. The molecule has 3 aromatic heterocycles. The zero-order valence-electron chi connectivity index (χ0n) is 31.5. The van der Waals surface area contributed by atoms with Crippen molar-refractivity contribution in [2.45, 2.75) is 26.1 Å². The number of phenolic OH excluding ortho intramolecular Hbond substituents is 1. The topological polar surface area (TPSA) is 158 Å². The van der Waals surface area contributed by atoms with Crippen molar-refractivity contribution in [3.63, 3.8) is 0 Å². The van der Waals surface area contributed by atoms with Gasteiger partial charge in [0.15, 0.2) is 5.82 Å². The highest BCUT2D eigenvalue weighted by atomic mass is 35.5. The first kappa shape index (κ1) is 39.9. The summed E-state index contributed by atoms with van der Waals surface area (Å²) in [6, 6.07) is 23.5. The van der Waals surface area contributed by atoms with Crippen LogP contribution in [0.4, 0.5) is 10.1 Å². The molecule has 4 aromatic carbocycles. The number of thiophene rings is 1. The summed E-state index contributed by atoms with van der Waals surface area (Å²) in [6.07, 6.45) is 1.62. The summed E-state index contributed by atoms with van der Waals surface area (Å²) in [7, 11) is 2.83. The molecule has 15 heteroatoms. The minimum atomic E-state index is -1.26. The molecule has 0 saturated carbocycles. The van der Waals surface area contributed by atoms with E-state index in [1.54, 1.807) is 37.6 Å². The zero-order valence-corrected chi connectivity index (χ0v) is 33.1. The first-order valence-electron chi connectivity index (χ1n) is 18.0. The molecule has 3 N–H and O–H groups in total. The van der Waals surface area contributed by atoms with Crippen molar-refractivity contribution in [3.8, 4) is 56.1 Å². The van der Waals surface area contributed by atoms with Crippen LogP contribution in [0.15, 0.2) is 97.5 Å². The van der Waals surface area contributed by atoms with Gasteiger partial charge in [-0.1, -0.05) is 41.9 Å². The maximum absolute atomic E-state index is 14.1. The second-order valence-corrected chi connectivity index (χ2v) is 14.3. The van der Waals surface area contributed by atoms with Gasteiger partial charge in [0.1, 0.15) is 40.8 Å². The van der Waals surface area contributed by atoms with Gasteiger partial charge in [-0.3, -0.25) is 0 Å². The number of aromatic hydroxyl groups is 1. The Hall–Kier alpha value is -6.35. The second kappa shape index (κ2) is 17.8. The number of aromatic nitrogens is 4. The van der Waals surface area contributed by atoms with Gasteiger partial charge in [0, 0.05) is 35.2 Å². The molecule has 0 aliphatic carbocycles. The summed E-state index contributed by atoms with van der Waals surface area (Å²) in [5.41, 5.74) is 5.20. The molecular formula is C43H37ClFN5O7S. The molecule has 0 aliphatic rings. The van der Waals surface area contributed by atoms with Crippen molar-refractivity contribution in [2.24, 2.45) is 0 Å². The summed E-state index contributed by atoms with van der Waals surface area (Å²) in [5, 5.41) is 24.0. The molecule has 7 aromatic rings. The summed E-state index contributed by atoms with van der Waals surface area (Å²) in [4.78, 5) is 32.9. The van der Waals surface area contributed by atoms with Crippen LogP contribution >= 0.6 is 22.9 Å². The molecule has 0 amide bonds. The van der Waals surface area contributed by atoms with Gasteiger partial charge >= 0.3 is 5.97 Å². The molecule has 0 spiro atoms. The molecule has 12 nitrogen and oxygen atoms in total.